The van der Waals surface area contributed by atoms with E-state index in [1.807, 2.05) is 0 Å². The highest BCUT2D eigenvalue weighted by atomic mass is 16.5. The smallest absolute Gasteiger partial charge is 0.213 e. The predicted molar refractivity (Wildman–Crippen MR) is 38.8 cm³/mol. The van der Waals surface area contributed by atoms with Crippen LogP contribution in [0.5, 0.6) is 0 Å². The van der Waals surface area contributed by atoms with E-state index in [-0.39, 0.29) is 0 Å². The standard InChI is InChI=1S/C7H11N3O/c1-2-6(3-1)8-4-7-9-5-11-10-7/h5-6,8H,1-4H2. The SMILES string of the molecule is c1nc(CNC2CCC2)no1. The van der Waals surface area contributed by atoms with E-state index < -0.39 is 0 Å². The summed E-state index contributed by atoms with van der Waals surface area (Å²) in [6, 6.07) is 0.688. The molecule has 0 saturated heterocycles. The Balaban J connectivity index is 1.74. The summed E-state index contributed by atoms with van der Waals surface area (Å²) in [5.41, 5.74) is 0. The zero-order chi connectivity index (χ0) is 7.52. The lowest BCUT2D eigenvalue weighted by Crippen LogP contribution is -2.34. The summed E-state index contributed by atoms with van der Waals surface area (Å²) < 4.78 is 4.60. The van der Waals surface area contributed by atoms with Crippen molar-refractivity contribution in [2.24, 2.45) is 0 Å². The maximum atomic E-state index is 4.60. The predicted octanol–water partition coefficient (Wildman–Crippen LogP) is 0.712. The van der Waals surface area contributed by atoms with E-state index in [0.717, 1.165) is 12.4 Å². The number of nitrogens with one attached hydrogen (secondary N) is 1. The van der Waals surface area contributed by atoms with Gasteiger partial charge in [0.1, 0.15) is 0 Å². The second-order valence-electron chi connectivity index (χ2n) is 2.86. The third kappa shape index (κ3) is 1.57. The molecule has 1 aliphatic carbocycles. The lowest BCUT2D eigenvalue weighted by Gasteiger charge is -2.25. The van der Waals surface area contributed by atoms with Crippen LogP contribution in [0.2, 0.25) is 0 Å². The Morgan fingerprint density at radius 2 is 2.55 bits per heavy atom. The zero-order valence-corrected chi connectivity index (χ0v) is 6.29. The van der Waals surface area contributed by atoms with Gasteiger partial charge in [0.15, 0.2) is 5.82 Å². The summed E-state index contributed by atoms with van der Waals surface area (Å²) in [5, 5.41) is 7.03. The molecule has 0 atom stereocenters. The van der Waals surface area contributed by atoms with Gasteiger partial charge in [-0.3, -0.25) is 0 Å². The van der Waals surface area contributed by atoms with E-state index in [9.17, 15) is 0 Å². The normalized spacial score (nSPS) is 18.2. The summed E-state index contributed by atoms with van der Waals surface area (Å²) in [4.78, 5) is 3.91. The van der Waals surface area contributed by atoms with E-state index in [1.165, 1.54) is 25.7 Å². The average Bonchev–Trinajstić information content (AvgIpc) is 2.36. The molecule has 0 aliphatic heterocycles. The topological polar surface area (TPSA) is 51.0 Å². The molecule has 1 fully saturated rings. The molecule has 2 rings (SSSR count). The molecule has 1 N–H and O–H groups in total. The minimum atomic E-state index is 0.688. The van der Waals surface area contributed by atoms with Crippen LogP contribution in [-0.2, 0) is 6.54 Å². The molecule has 4 heteroatoms. The van der Waals surface area contributed by atoms with Crippen molar-refractivity contribution in [3.8, 4) is 0 Å². The Hall–Kier alpha value is -0.900. The number of hydrogen-bond acceptors (Lipinski definition) is 4. The van der Waals surface area contributed by atoms with Crippen molar-refractivity contribution in [1.82, 2.24) is 15.5 Å². The van der Waals surface area contributed by atoms with Crippen molar-refractivity contribution in [1.29, 1.82) is 0 Å². The van der Waals surface area contributed by atoms with Crippen molar-refractivity contribution in [3.63, 3.8) is 0 Å². The minimum Gasteiger partial charge on any atom is -0.343 e. The number of rotatable bonds is 3. The van der Waals surface area contributed by atoms with Crippen LogP contribution in [-0.4, -0.2) is 16.2 Å². The summed E-state index contributed by atoms with van der Waals surface area (Å²) >= 11 is 0. The molecule has 1 saturated carbocycles. The first-order valence-electron chi connectivity index (χ1n) is 3.94. The summed E-state index contributed by atoms with van der Waals surface area (Å²) in [6.45, 7) is 0.737. The van der Waals surface area contributed by atoms with Crippen LogP contribution in [0.3, 0.4) is 0 Å². The van der Waals surface area contributed by atoms with E-state index in [1.54, 1.807) is 0 Å². The van der Waals surface area contributed by atoms with Gasteiger partial charge in [0, 0.05) is 6.04 Å². The van der Waals surface area contributed by atoms with Crippen LogP contribution >= 0.6 is 0 Å². The van der Waals surface area contributed by atoms with Gasteiger partial charge in [0.2, 0.25) is 6.39 Å². The van der Waals surface area contributed by atoms with Gasteiger partial charge in [-0.15, -0.1) is 0 Å². The van der Waals surface area contributed by atoms with Gasteiger partial charge in [0.25, 0.3) is 0 Å². The van der Waals surface area contributed by atoms with Crippen molar-refractivity contribution < 1.29 is 4.52 Å². The highest BCUT2D eigenvalue weighted by Gasteiger charge is 2.16. The van der Waals surface area contributed by atoms with Crippen LogP contribution in [0, 0.1) is 0 Å². The van der Waals surface area contributed by atoms with Gasteiger partial charge in [-0.2, -0.15) is 4.98 Å². The van der Waals surface area contributed by atoms with Crippen molar-refractivity contribution in [2.75, 3.05) is 0 Å². The van der Waals surface area contributed by atoms with E-state index >= 15 is 0 Å². The lowest BCUT2D eigenvalue weighted by atomic mass is 9.93. The fraction of sp³-hybridized carbons (Fsp3) is 0.714. The van der Waals surface area contributed by atoms with Gasteiger partial charge >= 0.3 is 0 Å². The molecule has 0 unspecified atom stereocenters. The summed E-state index contributed by atoms with van der Waals surface area (Å²) in [6.07, 6.45) is 5.29. The maximum Gasteiger partial charge on any atom is 0.213 e. The molecule has 1 aromatic heterocycles. The highest BCUT2D eigenvalue weighted by molar-refractivity contribution is 4.82. The molecule has 0 amide bonds. The number of hydrogen-bond donors (Lipinski definition) is 1. The third-order valence-corrected chi connectivity index (χ3v) is 2.06. The van der Waals surface area contributed by atoms with Crippen LogP contribution in [0.25, 0.3) is 0 Å². The van der Waals surface area contributed by atoms with Crippen LogP contribution in [0.15, 0.2) is 10.9 Å². The van der Waals surface area contributed by atoms with E-state index in [2.05, 4.69) is 20.0 Å². The van der Waals surface area contributed by atoms with Gasteiger partial charge in [0.05, 0.1) is 6.54 Å². The fourth-order valence-electron chi connectivity index (χ4n) is 1.12. The summed E-state index contributed by atoms with van der Waals surface area (Å²) in [5.74, 6) is 0.747. The molecular weight excluding hydrogens is 142 g/mol. The van der Waals surface area contributed by atoms with E-state index in [4.69, 9.17) is 0 Å². The fourth-order valence-corrected chi connectivity index (χ4v) is 1.12. The molecule has 1 aliphatic rings. The molecule has 0 spiro atoms. The summed E-state index contributed by atoms with van der Waals surface area (Å²) in [7, 11) is 0. The maximum absolute atomic E-state index is 4.60. The van der Waals surface area contributed by atoms with Crippen LogP contribution < -0.4 is 5.32 Å². The molecule has 0 aromatic carbocycles. The monoisotopic (exact) mass is 153 g/mol. The van der Waals surface area contributed by atoms with Gasteiger partial charge in [-0.1, -0.05) is 11.6 Å². The quantitative estimate of drug-likeness (QED) is 0.694. The van der Waals surface area contributed by atoms with Gasteiger partial charge < -0.3 is 9.84 Å². The van der Waals surface area contributed by atoms with Crippen LogP contribution in [0.4, 0.5) is 0 Å². The first-order chi connectivity index (χ1) is 5.45. The van der Waals surface area contributed by atoms with Crippen molar-refractivity contribution in [3.05, 3.63) is 12.2 Å². The van der Waals surface area contributed by atoms with Gasteiger partial charge in [-0.05, 0) is 12.8 Å². The molecule has 60 valence electrons. The van der Waals surface area contributed by atoms with Crippen molar-refractivity contribution in [2.45, 2.75) is 31.8 Å². The Kier molecular flexibility index (Phi) is 1.85. The first kappa shape index (κ1) is 6.79. The zero-order valence-electron chi connectivity index (χ0n) is 6.29. The molecule has 1 heterocycles. The van der Waals surface area contributed by atoms with Crippen molar-refractivity contribution >= 4 is 0 Å². The molecule has 11 heavy (non-hydrogen) atoms. The Morgan fingerprint density at radius 3 is 3.09 bits per heavy atom. The van der Waals surface area contributed by atoms with E-state index in [0.29, 0.717) is 6.04 Å². The average molecular weight is 153 g/mol. The highest BCUT2D eigenvalue weighted by Crippen LogP contribution is 2.17. The Labute approximate surface area is 65.0 Å². The Morgan fingerprint density at radius 1 is 1.64 bits per heavy atom. The number of nitrogens with zero attached hydrogens (tertiary/aromatic N) is 2. The largest absolute Gasteiger partial charge is 0.343 e. The minimum absolute atomic E-state index is 0.688. The third-order valence-electron chi connectivity index (χ3n) is 2.06. The van der Waals surface area contributed by atoms with Crippen LogP contribution in [0.1, 0.15) is 25.1 Å². The lowest BCUT2D eigenvalue weighted by molar-refractivity contribution is 0.331. The Bertz CT molecular complexity index is 205. The first-order valence-corrected chi connectivity index (χ1v) is 3.94. The molecule has 4 nitrogen and oxygen atoms in total. The molecule has 0 bridgehead atoms. The molecule has 1 aromatic rings. The second kappa shape index (κ2) is 3.00. The molecule has 0 radical (unpaired) electrons. The number of aromatic nitrogens is 2. The second-order valence-corrected chi connectivity index (χ2v) is 2.86. The van der Waals surface area contributed by atoms with Gasteiger partial charge in [-0.25, -0.2) is 0 Å². The molecular formula is C7H11N3O.